The Morgan fingerprint density at radius 3 is 2.68 bits per heavy atom. The van der Waals surface area contributed by atoms with Crippen molar-refractivity contribution in [1.29, 1.82) is 0 Å². The van der Waals surface area contributed by atoms with E-state index >= 15 is 0 Å². The zero-order chi connectivity index (χ0) is 16.3. The number of rotatable bonds is 4. The second-order valence-corrected chi connectivity index (χ2v) is 5.47. The lowest BCUT2D eigenvalue weighted by molar-refractivity contribution is 0.0531. The van der Waals surface area contributed by atoms with Crippen LogP contribution in [0.1, 0.15) is 32.5 Å². The Morgan fingerprint density at radius 2 is 2.00 bits per heavy atom. The fraction of sp³-hybridized carbons (Fsp3) is 0.200. The Labute approximate surface area is 129 Å². The first-order valence-electron chi connectivity index (χ1n) is 6.46. The molecule has 0 fully saturated rings. The smallest absolute Gasteiger partial charge is 0.348 e. The van der Waals surface area contributed by atoms with E-state index in [9.17, 15) is 18.4 Å². The first kappa shape index (κ1) is 16.1. The van der Waals surface area contributed by atoms with Gasteiger partial charge < -0.3 is 10.1 Å². The van der Waals surface area contributed by atoms with E-state index in [4.69, 9.17) is 4.74 Å². The Balaban J connectivity index is 2.20. The molecule has 0 aliphatic carbocycles. The van der Waals surface area contributed by atoms with Crippen LogP contribution in [0.3, 0.4) is 0 Å². The average molecular weight is 325 g/mol. The number of esters is 1. The van der Waals surface area contributed by atoms with Gasteiger partial charge in [-0.2, -0.15) is 0 Å². The summed E-state index contributed by atoms with van der Waals surface area (Å²) in [6, 6.07) is 4.21. The molecule has 0 radical (unpaired) electrons. The summed E-state index contributed by atoms with van der Waals surface area (Å²) in [5.41, 5.74) is 0.238. The quantitative estimate of drug-likeness (QED) is 0.871. The number of carbonyl (C=O) groups is 2. The SMILES string of the molecule is CCOC(=O)c1sc(NC(=O)c2cc(F)ccc2F)cc1C. The second-order valence-electron chi connectivity index (χ2n) is 4.42. The summed E-state index contributed by atoms with van der Waals surface area (Å²) in [6.07, 6.45) is 0. The van der Waals surface area contributed by atoms with Gasteiger partial charge in [0.1, 0.15) is 16.5 Å². The molecule has 22 heavy (non-hydrogen) atoms. The number of ether oxygens (including phenoxy) is 1. The highest BCUT2D eigenvalue weighted by Gasteiger charge is 2.18. The molecule has 0 atom stereocenters. The molecule has 4 nitrogen and oxygen atoms in total. The van der Waals surface area contributed by atoms with Gasteiger partial charge >= 0.3 is 5.97 Å². The van der Waals surface area contributed by atoms with Crippen LogP contribution in [-0.2, 0) is 4.74 Å². The molecule has 2 aromatic rings. The molecule has 2 rings (SSSR count). The van der Waals surface area contributed by atoms with Crippen LogP contribution >= 0.6 is 11.3 Å². The van der Waals surface area contributed by atoms with E-state index in [0.717, 1.165) is 29.5 Å². The molecule has 1 N–H and O–H groups in total. The number of nitrogens with one attached hydrogen (secondary N) is 1. The highest BCUT2D eigenvalue weighted by Crippen LogP contribution is 2.28. The van der Waals surface area contributed by atoms with Gasteiger partial charge in [0.05, 0.1) is 17.2 Å². The number of aryl methyl sites for hydroxylation is 1. The van der Waals surface area contributed by atoms with Crippen LogP contribution in [-0.4, -0.2) is 18.5 Å². The first-order chi connectivity index (χ1) is 10.4. The number of hydrogen-bond donors (Lipinski definition) is 1. The van der Waals surface area contributed by atoms with Gasteiger partial charge in [-0.25, -0.2) is 13.6 Å². The number of thiophene rings is 1. The fourth-order valence-electron chi connectivity index (χ4n) is 1.79. The lowest BCUT2D eigenvalue weighted by atomic mass is 10.2. The molecule has 0 saturated heterocycles. The van der Waals surface area contributed by atoms with Crippen LogP contribution in [0.4, 0.5) is 13.8 Å². The van der Waals surface area contributed by atoms with Gasteiger partial charge in [0, 0.05) is 0 Å². The van der Waals surface area contributed by atoms with Crippen molar-refractivity contribution >= 4 is 28.2 Å². The highest BCUT2D eigenvalue weighted by molar-refractivity contribution is 7.18. The van der Waals surface area contributed by atoms with Gasteiger partial charge in [-0.15, -0.1) is 11.3 Å². The standard InChI is InChI=1S/C15H13F2NO3S/c1-3-21-15(20)13-8(2)6-12(22-13)18-14(19)10-7-9(16)4-5-11(10)17/h4-7H,3H2,1-2H3,(H,18,19). The monoisotopic (exact) mass is 325 g/mol. The number of amides is 1. The summed E-state index contributed by atoms with van der Waals surface area (Å²) in [4.78, 5) is 24.0. The maximum atomic E-state index is 13.5. The van der Waals surface area contributed by atoms with Crippen molar-refractivity contribution in [2.75, 3.05) is 11.9 Å². The Hall–Kier alpha value is -2.28. The molecule has 1 aromatic heterocycles. The van der Waals surface area contributed by atoms with E-state index < -0.39 is 29.1 Å². The Bertz CT molecular complexity index is 728. The first-order valence-corrected chi connectivity index (χ1v) is 7.28. The van der Waals surface area contributed by atoms with Gasteiger partial charge in [-0.05, 0) is 43.7 Å². The summed E-state index contributed by atoms with van der Waals surface area (Å²) < 4.78 is 31.5. The zero-order valence-corrected chi connectivity index (χ0v) is 12.7. The molecule has 0 aliphatic heterocycles. The van der Waals surface area contributed by atoms with Crippen LogP contribution in [0.15, 0.2) is 24.3 Å². The molecule has 0 bridgehead atoms. The third-order valence-electron chi connectivity index (χ3n) is 2.79. The van der Waals surface area contributed by atoms with Gasteiger partial charge in [-0.1, -0.05) is 0 Å². The van der Waals surface area contributed by atoms with Crippen molar-refractivity contribution in [2.45, 2.75) is 13.8 Å². The van der Waals surface area contributed by atoms with E-state index in [-0.39, 0.29) is 6.61 Å². The maximum Gasteiger partial charge on any atom is 0.348 e. The van der Waals surface area contributed by atoms with Gasteiger partial charge in [0.15, 0.2) is 0 Å². The fourth-order valence-corrected chi connectivity index (χ4v) is 2.76. The van der Waals surface area contributed by atoms with Crippen molar-refractivity contribution in [3.8, 4) is 0 Å². The minimum Gasteiger partial charge on any atom is -0.462 e. The Morgan fingerprint density at radius 1 is 1.27 bits per heavy atom. The molecular weight excluding hydrogens is 312 g/mol. The third-order valence-corrected chi connectivity index (χ3v) is 3.92. The largest absolute Gasteiger partial charge is 0.462 e. The summed E-state index contributed by atoms with van der Waals surface area (Å²) in [5, 5.41) is 2.81. The van der Waals surface area contributed by atoms with E-state index in [2.05, 4.69) is 5.32 Å². The summed E-state index contributed by atoms with van der Waals surface area (Å²) >= 11 is 1.02. The van der Waals surface area contributed by atoms with Crippen LogP contribution in [0, 0.1) is 18.6 Å². The molecule has 1 amide bonds. The molecule has 116 valence electrons. The number of benzene rings is 1. The second kappa shape index (κ2) is 6.65. The van der Waals surface area contributed by atoms with E-state index in [0.29, 0.717) is 15.4 Å². The predicted octanol–water partition coefficient (Wildman–Crippen LogP) is 3.76. The predicted molar refractivity (Wildman–Crippen MR) is 79.3 cm³/mol. The number of anilines is 1. The maximum absolute atomic E-state index is 13.5. The van der Waals surface area contributed by atoms with Gasteiger partial charge in [0.25, 0.3) is 5.91 Å². The van der Waals surface area contributed by atoms with E-state index in [1.54, 1.807) is 19.9 Å². The highest BCUT2D eigenvalue weighted by atomic mass is 32.1. The number of carbonyl (C=O) groups excluding carboxylic acids is 2. The normalized spacial score (nSPS) is 10.4. The van der Waals surface area contributed by atoms with Crippen LogP contribution in [0.5, 0.6) is 0 Å². The molecule has 0 spiro atoms. The van der Waals surface area contributed by atoms with Crippen molar-refractivity contribution in [3.05, 3.63) is 51.9 Å². The molecule has 0 saturated carbocycles. The molecular formula is C15H13F2NO3S. The Kier molecular flexibility index (Phi) is 4.87. The van der Waals surface area contributed by atoms with Crippen molar-refractivity contribution in [3.63, 3.8) is 0 Å². The zero-order valence-electron chi connectivity index (χ0n) is 11.9. The van der Waals surface area contributed by atoms with Crippen LogP contribution in [0.2, 0.25) is 0 Å². The van der Waals surface area contributed by atoms with Gasteiger partial charge in [0.2, 0.25) is 0 Å². The van der Waals surface area contributed by atoms with Crippen LogP contribution < -0.4 is 5.32 Å². The molecule has 1 heterocycles. The molecule has 0 unspecified atom stereocenters. The number of hydrogen-bond acceptors (Lipinski definition) is 4. The third kappa shape index (κ3) is 3.48. The molecule has 1 aromatic carbocycles. The van der Waals surface area contributed by atoms with Crippen molar-refractivity contribution in [2.24, 2.45) is 0 Å². The van der Waals surface area contributed by atoms with Crippen LogP contribution in [0.25, 0.3) is 0 Å². The van der Waals surface area contributed by atoms with Gasteiger partial charge in [-0.3, -0.25) is 4.79 Å². The van der Waals surface area contributed by atoms with E-state index in [1.165, 1.54) is 0 Å². The molecule has 7 heteroatoms. The minimum absolute atomic E-state index is 0.242. The topological polar surface area (TPSA) is 55.4 Å². The van der Waals surface area contributed by atoms with Crippen molar-refractivity contribution < 1.29 is 23.1 Å². The average Bonchev–Trinajstić information content (AvgIpc) is 2.82. The lowest BCUT2D eigenvalue weighted by Gasteiger charge is -2.04. The lowest BCUT2D eigenvalue weighted by Crippen LogP contribution is -2.13. The summed E-state index contributed by atoms with van der Waals surface area (Å²) in [7, 11) is 0. The number of halogens is 2. The summed E-state index contributed by atoms with van der Waals surface area (Å²) in [5.74, 6) is -2.80. The van der Waals surface area contributed by atoms with Crippen molar-refractivity contribution in [1.82, 2.24) is 0 Å². The summed E-state index contributed by atoms with van der Waals surface area (Å²) in [6.45, 7) is 3.63. The van der Waals surface area contributed by atoms with E-state index in [1.807, 2.05) is 0 Å². The molecule has 0 aliphatic rings. The minimum atomic E-state index is -0.821.